The zero-order valence-electron chi connectivity index (χ0n) is 17.9. The maximum absolute atomic E-state index is 14.9. The monoisotopic (exact) mass is 449 g/mol. The smallest absolute Gasteiger partial charge is 0.410 e. The molecular weight excluding hydrogens is 420 g/mol. The SMILES string of the molecule is C=C(CCC(F)(F)c1n[nH]c2c1CN(C(=O)OC(C)(C)C)[C@H](C)C2)COS(C)(=O)=O. The zero-order chi connectivity index (χ0) is 22.9. The van der Waals surface area contributed by atoms with Crippen LogP contribution >= 0.6 is 0 Å². The zero-order valence-corrected chi connectivity index (χ0v) is 18.7. The first kappa shape index (κ1) is 24.3. The van der Waals surface area contributed by atoms with Crippen LogP contribution in [0.4, 0.5) is 13.6 Å². The van der Waals surface area contributed by atoms with E-state index in [1.807, 2.05) is 6.92 Å². The minimum Gasteiger partial charge on any atom is -0.444 e. The van der Waals surface area contributed by atoms with Crippen LogP contribution in [0.15, 0.2) is 12.2 Å². The highest BCUT2D eigenvalue weighted by Crippen LogP contribution is 2.38. The van der Waals surface area contributed by atoms with E-state index in [1.165, 1.54) is 4.90 Å². The van der Waals surface area contributed by atoms with Crippen LogP contribution < -0.4 is 0 Å². The lowest BCUT2D eigenvalue weighted by atomic mass is 9.96. The van der Waals surface area contributed by atoms with E-state index < -0.39 is 39.8 Å². The molecule has 0 aliphatic carbocycles. The van der Waals surface area contributed by atoms with Crippen molar-refractivity contribution in [1.29, 1.82) is 0 Å². The summed E-state index contributed by atoms with van der Waals surface area (Å²) in [7, 11) is -3.68. The van der Waals surface area contributed by atoms with Gasteiger partial charge in [-0.25, -0.2) is 4.79 Å². The minimum absolute atomic E-state index is 0.0367. The van der Waals surface area contributed by atoms with Crippen molar-refractivity contribution in [2.24, 2.45) is 0 Å². The highest BCUT2D eigenvalue weighted by atomic mass is 32.2. The number of halogens is 2. The molecule has 170 valence electrons. The van der Waals surface area contributed by atoms with Crippen molar-refractivity contribution >= 4 is 16.2 Å². The predicted molar refractivity (Wildman–Crippen MR) is 107 cm³/mol. The number of amides is 1. The Hall–Kier alpha value is -2.01. The molecule has 8 nitrogen and oxygen atoms in total. The minimum atomic E-state index is -3.68. The van der Waals surface area contributed by atoms with Crippen molar-refractivity contribution in [3.8, 4) is 0 Å². The molecule has 2 heterocycles. The number of nitrogens with zero attached hydrogens (tertiary/aromatic N) is 2. The van der Waals surface area contributed by atoms with Crippen LogP contribution in [0.2, 0.25) is 0 Å². The Bertz CT molecular complexity index is 906. The standard InChI is InChI=1S/C19H29F2N3O5S/c1-12(11-28-30(6,26)27)7-8-19(20,21)16-14-10-24(17(25)29-18(3,4)5)13(2)9-15(14)22-23-16/h13H,1,7-11H2,2-6H3,(H,22,23)/t13-/m1/s1. The first-order valence-electron chi connectivity index (χ1n) is 9.54. The van der Waals surface area contributed by atoms with Crippen LogP contribution in [0, 0.1) is 0 Å². The molecule has 30 heavy (non-hydrogen) atoms. The van der Waals surface area contributed by atoms with Crippen molar-refractivity contribution in [1.82, 2.24) is 15.1 Å². The topological polar surface area (TPSA) is 102 Å². The molecule has 1 aliphatic heterocycles. The first-order valence-corrected chi connectivity index (χ1v) is 11.4. The van der Waals surface area contributed by atoms with E-state index in [0.717, 1.165) is 6.26 Å². The second kappa shape index (κ2) is 8.62. The molecule has 1 N–H and O–H groups in total. The third-order valence-corrected chi connectivity index (χ3v) is 5.10. The summed E-state index contributed by atoms with van der Waals surface area (Å²) in [6.07, 6.45) is -0.0916. The Balaban J connectivity index is 2.12. The number of rotatable bonds is 7. The number of alkyl halides is 2. The van der Waals surface area contributed by atoms with Crippen LogP contribution in [-0.4, -0.2) is 54.1 Å². The molecule has 1 aliphatic rings. The Morgan fingerprint density at radius 2 is 2.00 bits per heavy atom. The number of carbonyl (C=O) groups is 1. The van der Waals surface area contributed by atoms with Gasteiger partial charge in [-0.1, -0.05) is 12.2 Å². The largest absolute Gasteiger partial charge is 0.444 e. The summed E-state index contributed by atoms with van der Waals surface area (Å²) in [5.41, 5.74) is -0.0456. The number of H-pyrrole nitrogens is 1. The molecular formula is C19H29F2N3O5S. The van der Waals surface area contributed by atoms with Gasteiger partial charge in [0.1, 0.15) is 11.3 Å². The van der Waals surface area contributed by atoms with Gasteiger partial charge in [0.15, 0.2) is 0 Å². The van der Waals surface area contributed by atoms with Gasteiger partial charge < -0.3 is 9.64 Å². The Morgan fingerprint density at radius 1 is 1.37 bits per heavy atom. The third kappa shape index (κ3) is 6.49. The number of aromatic amines is 1. The van der Waals surface area contributed by atoms with E-state index in [2.05, 4.69) is 21.0 Å². The summed E-state index contributed by atoms with van der Waals surface area (Å²) < 4.78 is 61.8. The molecule has 1 atom stereocenters. The summed E-state index contributed by atoms with van der Waals surface area (Å²) in [6, 6.07) is -0.234. The maximum Gasteiger partial charge on any atom is 0.410 e. The third-order valence-electron chi connectivity index (χ3n) is 4.56. The molecule has 1 aromatic rings. The molecule has 0 radical (unpaired) electrons. The van der Waals surface area contributed by atoms with E-state index in [1.54, 1.807) is 20.8 Å². The molecule has 2 rings (SSSR count). The van der Waals surface area contributed by atoms with E-state index in [-0.39, 0.29) is 36.8 Å². The van der Waals surface area contributed by atoms with Gasteiger partial charge in [0, 0.05) is 30.1 Å². The Labute approximate surface area is 175 Å². The lowest BCUT2D eigenvalue weighted by Gasteiger charge is -2.35. The fourth-order valence-electron chi connectivity index (χ4n) is 3.05. The van der Waals surface area contributed by atoms with Crippen molar-refractivity contribution < 1.29 is 30.9 Å². The summed E-state index contributed by atoms with van der Waals surface area (Å²) in [6.45, 7) is 10.2. The summed E-state index contributed by atoms with van der Waals surface area (Å²) in [5, 5.41) is 6.49. The second-order valence-electron chi connectivity index (χ2n) is 8.61. The molecule has 0 unspecified atom stereocenters. The number of aromatic nitrogens is 2. The van der Waals surface area contributed by atoms with Crippen LogP contribution in [-0.2, 0) is 37.9 Å². The van der Waals surface area contributed by atoms with Crippen LogP contribution in [0.5, 0.6) is 0 Å². The number of fused-ring (bicyclic) bond motifs is 1. The first-order chi connectivity index (χ1) is 13.6. The highest BCUT2D eigenvalue weighted by Gasteiger charge is 2.41. The second-order valence-corrected chi connectivity index (χ2v) is 10.3. The van der Waals surface area contributed by atoms with E-state index in [0.29, 0.717) is 12.1 Å². The van der Waals surface area contributed by atoms with E-state index >= 15 is 0 Å². The van der Waals surface area contributed by atoms with Crippen molar-refractivity contribution in [3.05, 3.63) is 29.1 Å². The van der Waals surface area contributed by atoms with Crippen molar-refractivity contribution in [2.75, 3.05) is 12.9 Å². The van der Waals surface area contributed by atoms with Crippen LogP contribution in [0.1, 0.15) is 57.5 Å². The molecule has 1 amide bonds. The lowest BCUT2D eigenvalue weighted by molar-refractivity contribution is -0.0205. The maximum atomic E-state index is 14.9. The molecule has 0 saturated carbocycles. The fraction of sp³-hybridized carbons (Fsp3) is 0.684. The molecule has 0 aromatic carbocycles. The average Bonchev–Trinajstić information content (AvgIpc) is 2.98. The van der Waals surface area contributed by atoms with Gasteiger partial charge in [0.05, 0.1) is 19.4 Å². The fourth-order valence-corrected chi connectivity index (χ4v) is 3.44. The van der Waals surface area contributed by atoms with E-state index in [4.69, 9.17) is 4.74 Å². The normalized spacial score (nSPS) is 17.6. The summed E-state index contributed by atoms with van der Waals surface area (Å²) in [4.78, 5) is 13.9. The van der Waals surface area contributed by atoms with Gasteiger partial charge in [-0.05, 0) is 34.1 Å². The van der Waals surface area contributed by atoms with Crippen LogP contribution in [0.3, 0.4) is 0 Å². The number of ether oxygens (including phenoxy) is 1. The summed E-state index contributed by atoms with van der Waals surface area (Å²) in [5.74, 6) is -3.29. The average molecular weight is 450 g/mol. The number of carbonyl (C=O) groups excluding carboxylic acids is 1. The summed E-state index contributed by atoms with van der Waals surface area (Å²) >= 11 is 0. The molecule has 0 bridgehead atoms. The Morgan fingerprint density at radius 3 is 2.57 bits per heavy atom. The van der Waals surface area contributed by atoms with Gasteiger partial charge in [-0.15, -0.1) is 0 Å². The van der Waals surface area contributed by atoms with Gasteiger partial charge in [-0.3, -0.25) is 9.28 Å². The molecule has 0 fully saturated rings. The molecule has 11 heteroatoms. The van der Waals surface area contributed by atoms with Gasteiger partial charge in [0.2, 0.25) is 0 Å². The van der Waals surface area contributed by atoms with Gasteiger partial charge in [-0.2, -0.15) is 22.3 Å². The number of nitrogens with one attached hydrogen (secondary N) is 1. The molecule has 0 spiro atoms. The Kier molecular flexibility index (Phi) is 6.97. The molecule has 1 aromatic heterocycles. The number of hydrogen-bond acceptors (Lipinski definition) is 6. The van der Waals surface area contributed by atoms with Crippen molar-refractivity contribution in [2.45, 2.75) is 71.1 Å². The molecule has 0 saturated heterocycles. The van der Waals surface area contributed by atoms with Gasteiger partial charge >= 0.3 is 6.09 Å². The van der Waals surface area contributed by atoms with E-state index in [9.17, 15) is 22.0 Å². The lowest BCUT2D eigenvalue weighted by Crippen LogP contribution is -2.45. The quantitative estimate of drug-likeness (QED) is 0.505. The van der Waals surface area contributed by atoms with Crippen molar-refractivity contribution in [3.63, 3.8) is 0 Å². The predicted octanol–water partition coefficient (Wildman–Crippen LogP) is 3.50. The highest BCUT2D eigenvalue weighted by molar-refractivity contribution is 7.86. The van der Waals surface area contributed by atoms with Gasteiger partial charge in [0.25, 0.3) is 16.0 Å². The van der Waals surface area contributed by atoms with Crippen LogP contribution in [0.25, 0.3) is 0 Å². The number of hydrogen-bond donors (Lipinski definition) is 1.